The van der Waals surface area contributed by atoms with Gasteiger partial charge in [-0.2, -0.15) is 4.98 Å². The highest BCUT2D eigenvalue weighted by atomic mass is 16.5. The van der Waals surface area contributed by atoms with Crippen molar-refractivity contribution in [1.29, 1.82) is 0 Å². The Kier molecular flexibility index (Phi) is 4.77. The van der Waals surface area contributed by atoms with Crippen LogP contribution in [0.25, 0.3) is 0 Å². The van der Waals surface area contributed by atoms with E-state index >= 15 is 0 Å². The first-order valence-electron chi connectivity index (χ1n) is 5.47. The van der Waals surface area contributed by atoms with Gasteiger partial charge >= 0.3 is 0 Å². The molecule has 6 nitrogen and oxygen atoms in total. The summed E-state index contributed by atoms with van der Waals surface area (Å²) in [5.74, 6) is 0.631. The topological polar surface area (TPSA) is 74.5 Å². The number of ether oxygens (including phenoxy) is 2. The molecule has 0 aliphatic rings. The van der Waals surface area contributed by atoms with Crippen LogP contribution in [0.1, 0.15) is 32.5 Å². The number of hydrogen-bond donors (Lipinski definition) is 0. The number of methoxy groups -OCH3 is 1. The van der Waals surface area contributed by atoms with Crippen molar-refractivity contribution in [2.45, 2.75) is 32.8 Å². The van der Waals surface area contributed by atoms with E-state index in [1.54, 1.807) is 0 Å². The number of nitrogens with zero attached hydrogens (tertiary/aromatic N) is 2. The Bertz CT molecular complexity index is 373. The van der Waals surface area contributed by atoms with Gasteiger partial charge in [-0.05, 0) is 20.8 Å². The maximum atomic E-state index is 11.3. The van der Waals surface area contributed by atoms with E-state index in [4.69, 9.17) is 14.0 Å². The fraction of sp³-hybridized carbons (Fsp3) is 0.727. The van der Waals surface area contributed by atoms with E-state index in [2.05, 4.69) is 10.1 Å². The summed E-state index contributed by atoms with van der Waals surface area (Å²) < 4.78 is 15.2. The number of hydrogen-bond acceptors (Lipinski definition) is 6. The molecular formula is C11H18N2O4. The number of Topliss-reactive ketones (excluding diaryl/α,β-unsaturated/α-hetero) is 1. The smallest absolute Gasteiger partial charge is 0.234 e. The maximum Gasteiger partial charge on any atom is 0.234 e. The molecule has 96 valence electrons. The average Bonchev–Trinajstić information content (AvgIpc) is 2.67. The van der Waals surface area contributed by atoms with Crippen molar-refractivity contribution in [1.82, 2.24) is 10.1 Å². The van der Waals surface area contributed by atoms with E-state index in [-0.39, 0.29) is 24.7 Å². The second kappa shape index (κ2) is 5.88. The van der Waals surface area contributed by atoms with Crippen molar-refractivity contribution < 1.29 is 18.8 Å². The van der Waals surface area contributed by atoms with Crippen LogP contribution in [0.5, 0.6) is 0 Å². The third-order valence-electron chi connectivity index (χ3n) is 2.17. The Hall–Kier alpha value is -1.27. The minimum atomic E-state index is -0.610. The van der Waals surface area contributed by atoms with Gasteiger partial charge in [0, 0.05) is 13.7 Å². The molecule has 0 fully saturated rings. The molecule has 0 atom stereocenters. The van der Waals surface area contributed by atoms with Crippen molar-refractivity contribution >= 4 is 5.78 Å². The zero-order chi connectivity index (χ0) is 12.9. The van der Waals surface area contributed by atoms with Crippen LogP contribution in [-0.2, 0) is 26.3 Å². The fourth-order valence-electron chi connectivity index (χ4n) is 1.38. The van der Waals surface area contributed by atoms with Crippen molar-refractivity contribution in [3.05, 3.63) is 11.7 Å². The molecule has 1 rings (SSSR count). The molecule has 0 saturated heterocycles. The Morgan fingerprint density at radius 2 is 2.18 bits per heavy atom. The van der Waals surface area contributed by atoms with Crippen molar-refractivity contribution in [2.24, 2.45) is 0 Å². The maximum absolute atomic E-state index is 11.3. The van der Waals surface area contributed by atoms with Crippen molar-refractivity contribution in [3.63, 3.8) is 0 Å². The van der Waals surface area contributed by atoms with Crippen LogP contribution in [0.15, 0.2) is 4.52 Å². The zero-order valence-corrected chi connectivity index (χ0v) is 10.6. The number of aromatic nitrogens is 2. The van der Waals surface area contributed by atoms with Gasteiger partial charge < -0.3 is 14.0 Å². The van der Waals surface area contributed by atoms with Crippen LogP contribution in [-0.4, -0.2) is 36.2 Å². The van der Waals surface area contributed by atoms with E-state index in [0.717, 1.165) is 0 Å². The van der Waals surface area contributed by atoms with E-state index < -0.39 is 5.60 Å². The minimum Gasteiger partial charge on any atom is -0.377 e. The summed E-state index contributed by atoms with van der Waals surface area (Å²) in [7, 11) is 1.47. The first-order valence-corrected chi connectivity index (χ1v) is 5.47. The van der Waals surface area contributed by atoms with E-state index in [9.17, 15) is 4.79 Å². The second-order valence-corrected chi connectivity index (χ2v) is 4.10. The highest BCUT2D eigenvalue weighted by Gasteiger charge is 2.27. The monoisotopic (exact) mass is 242 g/mol. The summed E-state index contributed by atoms with van der Waals surface area (Å²) in [6, 6.07) is 0. The summed E-state index contributed by atoms with van der Waals surface area (Å²) in [4.78, 5) is 15.5. The van der Waals surface area contributed by atoms with Crippen LogP contribution in [0, 0.1) is 0 Å². The SMILES string of the molecule is CCOC(C)(C)c1noc(CC(=O)COC)n1. The molecular weight excluding hydrogens is 224 g/mol. The molecule has 0 spiro atoms. The van der Waals surface area contributed by atoms with Gasteiger partial charge in [0.25, 0.3) is 0 Å². The van der Waals surface area contributed by atoms with Gasteiger partial charge in [0.05, 0.1) is 6.42 Å². The molecule has 6 heteroatoms. The molecule has 0 unspecified atom stereocenters. The lowest BCUT2D eigenvalue weighted by molar-refractivity contribution is -0.122. The van der Waals surface area contributed by atoms with Crippen LogP contribution in [0.2, 0.25) is 0 Å². The van der Waals surface area contributed by atoms with Gasteiger partial charge in [-0.25, -0.2) is 0 Å². The first-order chi connectivity index (χ1) is 7.99. The molecule has 1 aromatic heterocycles. The Morgan fingerprint density at radius 1 is 1.47 bits per heavy atom. The highest BCUT2D eigenvalue weighted by molar-refractivity contribution is 5.81. The molecule has 0 aromatic carbocycles. The lowest BCUT2D eigenvalue weighted by Crippen LogP contribution is -2.23. The molecule has 0 amide bonds. The number of carbonyl (C=O) groups is 1. The summed E-state index contributed by atoms with van der Waals surface area (Å²) in [5, 5.41) is 3.82. The van der Waals surface area contributed by atoms with Gasteiger partial charge in [-0.15, -0.1) is 0 Å². The summed E-state index contributed by atoms with van der Waals surface area (Å²) in [6.45, 7) is 6.20. The van der Waals surface area contributed by atoms with Gasteiger partial charge in [0.15, 0.2) is 5.78 Å². The summed E-state index contributed by atoms with van der Waals surface area (Å²) in [5.41, 5.74) is -0.610. The molecule has 1 heterocycles. The molecule has 0 saturated carbocycles. The van der Waals surface area contributed by atoms with Crippen molar-refractivity contribution in [2.75, 3.05) is 20.3 Å². The number of rotatable bonds is 7. The average molecular weight is 242 g/mol. The molecule has 0 aliphatic heterocycles. The van der Waals surface area contributed by atoms with E-state index in [0.29, 0.717) is 12.4 Å². The number of carbonyl (C=O) groups excluding carboxylic acids is 1. The quantitative estimate of drug-likeness (QED) is 0.712. The molecule has 17 heavy (non-hydrogen) atoms. The minimum absolute atomic E-state index is 0.0482. The number of ketones is 1. The fourth-order valence-corrected chi connectivity index (χ4v) is 1.38. The van der Waals surface area contributed by atoms with Crippen LogP contribution in [0.4, 0.5) is 0 Å². The molecule has 0 aliphatic carbocycles. The van der Waals surface area contributed by atoms with Gasteiger partial charge in [0.1, 0.15) is 12.2 Å². The third kappa shape index (κ3) is 3.90. The largest absolute Gasteiger partial charge is 0.377 e. The Labute approximate surface area is 100 Å². The van der Waals surface area contributed by atoms with E-state index in [1.165, 1.54) is 7.11 Å². The molecule has 1 aromatic rings. The van der Waals surface area contributed by atoms with Crippen LogP contribution >= 0.6 is 0 Å². The van der Waals surface area contributed by atoms with Gasteiger partial charge in [0.2, 0.25) is 11.7 Å². The van der Waals surface area contributed by atoms with E-state index in [1.807, 2.05) is 20.8 Å². The standard InChI is InChI=1S/C11H18N2O4/c1-5-16-11(2,3)10-12-9(17-13-10)6-8(14)7-15-4/h5-7H2,1-4H3. The zero-order valence-electron chi connectivity index (χ0n) is 10.6. The normalized spacial score (nSPS) is 11.8. The Balaban J connectivity index is 2.68. The predicted molar refractivity (Wildman–Crippen MR) is 59.5 cm³/mol. The Morgan fingerprint density at radius 3 is 2.76 bits per heavy atom. The molecule has 0 radical (unpaired) electrons. The highest BCUT2D eigenvalue weighted by Crippen LogP contribution is 2.21. The lowest BCUT2D eigenvalue weighted by atomic mass is 10.1. The van der Waals surface area contributed by atoms with Gasteiger partial charge in [-0.1, -0.05) is 5.16 Å². The second-order valence-electron chi connectivity index (χ2n) is 4.10. The van der Waals surface area contributed by atoms with Gasteiger partial charge in [-0.3, -0.25) is 4.79 Å². The summed E-state index contributed by atoms with van der Waals surface area (Å²) >= 11 is 0. The summed E-state index contributed by atoms with van der Waals surface area (Å²) in [6.07, 6.45) is 0.0864. The molecule has 0 bridgehead atoms. The van der Waals surface area contributed by atoms with Crippen molar-refractivity contribution in [3.8, 4) is 0 Å². The van der Waals surface area contributed by atoms with Crippen LogP contribution in [0.3, 0.4) is 0 Å². The predicted octanol–water partition coefficient (Wildman–Crippen LogP) is 1.10. The molecule has 0 N–H and O–H groups in total. The lowest BCUT2D eigenvalue weighted by Gasteiger charge is -2.19. The third-order valence-corrected chi connectivity index (χ3v) is 2.17. The first kappa shape index (κ1) is 13.8. The van der Waals surface area contributed by atoms with Crippen LogP contribution < -0.4 is 0 Å².